The summed E-state index contributed by atoms with van der Waals surface area (Å²) in [5, 5.41) is 10.4. The molecule has 1 N–H and O–H groups in total. The zero-order chi connectivity index (χ0) is 12.0. The standard InChI is InChI=1S/C13H18O3/c1-3-13(15,10-12(14)16-4-2)11-8-6-5-7-9-11/h5-9,15H,3-4,10H2,1-2H3. The lowest BCUT2D eigenvalue weighted by molar-refractivity contribution is -0.149. The molecule has 3 nitrogen and oxygen atoms in total. The van der Waals surface area contributed by atoms with E-state index in [4.69, 9.17) is 4.74 Å². The lowest BCUT2D eigenvalue weighted by Gasteiger charge is -2.26. The minimum atomic E-state index is -1.12. The first-order valence-corrected chi connectivity index (χ1v) is 5.56. The molecule has 0 radical (unpaired) electrons. The normalized spacial score (nSPS) is 14.2. The molecule has 1 aromatic rings. The zero-order valence-electron chi connectivity index (χ0n) is 9.77. The van der Waals surface area contributed by atoms with Crippen molar-refractivity contribution in [2.75, 3.05) is 6.61 Å². The maximum atomic E-state index is 11.4. The fourth-order valence-electron chi connectivity index (χ4n) is 1.63. The number of ether oxygens (including phenoxy) is 1. The molecule has 0 bridgehead atoms. The molecule has 1 aromatic carbocycles. The smallest absolute Gasteiger partial charge is 0.309 e. The Morgan fingerprint density at radius 3 is 2.44 bits per heavy atom. The second-order valence-corrected chi connectivity index (χ2v) is 3.73. The Hall–Kier alpha value is -1.35. The van der Waals surface area contributed by atoms with Gasteiger partial charge in [0.15, 0.2) is 0 Å². The van der Waals surface area contributed by atoms with E-state index in [0.717, 1.165) is 5.56 Å². The molecule has 0 aliphatic carbocycles. The largest absolute Gasteiger partial charge is 0.466 e. The maximum Gasteiger partial charge on any atom is 0.309 e. The molecule has 1 rings (SSSR count). The summed E-state index contributed by atoms with van der Waals surface area (Å²) in [6, 6.07) is 9.22. The van der Waals surface area contributed by atoms with Crippen LogP contribution in [-0.2, 0) is 15.1 Å². The van der Waals surface area contributed by atoms with E-state index < -0.39 is 5.60 Å². The monoisotopic (exact) mass is 222 g/mol. The van der Waals surface area contributed by atoms with Gasteiger partial charge in [0.2, 0.25) is 0 Å². The average molecular weight is 222 g/mol. The molecule has 16 heavy (non-hydrogen) atoms. The minimum Gasteiger partial charge on any atom is -0.466 e. The van der Waals surface area contributed by atoms with Gasteiger partial charge in [-0.15, -0.1) is 0 Å². The van der Waals surface area contributed by atoms with E-state index in [0.29, 0.717) is 13.0 Å². The summed E-state index contributed by atoms with van der Waals surface area (Å²) in [4.78, 5) is 11.4. The van der Waals surface area contributed by atoms with Gasteiger partial charge in [-0.3, -0.25) is 4.79 Å². The predicted octanol–water partition coefficient (Wildman–Crippen LogP) is 2.24. The van der Waals surface area contributed by atoms with Crippen LogP contribution in [0.4, 0.5) is 0 Å². The fraction of sp³-hybridized carbons (Fsp3) is 0.462. The summed E-state index contributed by atoms with van der Waals surface area (Å²) in [5.41, 5.74) is -0.362. The molecule has 0 heterocycles. The summed E-state index contributed by atoms with van der Waals surface area (Å²) in [5.74, 6) is -0.365. The van der Waals surface area contributed by atoms with Gasteiger partial charge in [-0.2, -0.15) is 0 Å². The lowest BCUT2D eigenvalue weighted by Crippen LogP contribution is -2.29. The highest BCUT2D eigenvalue weighted by Crippen LogP contribution is 2.28. The van der Waals surface area contributed by atoms with Gasteiger partial charge in [0, 0.05) is 0 Å². The quantitative estimate of drug-likeness (QED) is 0.777. The molecular weight excluding hydrogens is 204 g/mol. The van der Waals surface area contributed by atoms with Gasteiger partial charge in [-0.25, -0.2) is 0 Å². The number of hydrogen-bond acceptors (Lipinski definition) is 3. The summed E-state index contributed by atoms with van der Waals surface area (Å²) in [6.45, 7) is 3.95. The Kier molecular flexibility index (Phi) is 4.50. The van der Waals surface area contributed by atoms with E-state index in [2.05, 4.69) is 0 Å². The first kappa shape index (κ1) is 12.7. The van der Waals surface area contributed by atoms with Gasteiger partial charge in [0.1, 0.15) is 0 Å². The summed E-state index contributed by atoms with van der Waals surface area (Å²) in [6.07, 6.45) is 0.483. The van der Waals surface area contributed by atoms with Gasteiger partial charge in [0.05, 0.1) is 18.6 Å². The molecule has 0 spiro atoms. The van der Waals surface area contributed by atoms with Gasteiger partial charge in [-0.05, 0) is 18.9 Å². The molecule has 0 aromatic heterocycles. The molecule has 0 aliphatic rings. The van der Waals surface area contributed by atoms with E-state index in [1.807, 2.05) is 37.3 Å². The lowest BCUT2D eigenvalue weighted by atomic mass is 9.88. The van der Waals surface area contributed by atoms with Crippen molar-refractivity contribution in [1.82, 2.24) is 0 Å². The molecular formula is C13H18O3. The Morgan fingerprint density at radius 1 is 1.31 bits per heavy atom. The van der Waals surface area contributed by atoms with Crippen LogP contribution in [0.15, 0.2) is 30.3 Å². The summed E-state index contributed by atoms with van der Waals surface area (Å²) in [7, 11) is 0. The number of carbonyl (C=O) groups is 1. The number of aliphatic hydroxyl groups is 1. The van der Waals surface area contributed by atoms with Crippen LogP contribution < -0.4 is 0 Å². The van der Waals surface area contributed by atoms with Crippen LogP contribution in [0.1, 0.15) is 32.3 Å². The van der Waals surface area contributed by atoms with Crippen molar-refractivity contribution in [3.8, 4) is 0 Å². The highest BCUT2D eigenvalue weighted by atomic mass is 16.5. The number of hydrogen-bond donors (Lipinski definition) is 1. The zero-order valence-corrected chi connectivity index (χ0v) is 9.77. The maximum absolute atomic E-state index is 11.4. The minimum absolute atomic E-state index is 0.00134. The Labute approximate surface area is 96.1 Å². The molecule has 0 saturated heterocycles. The Balaban J connectivity index is 2.82. The third kappa shape index (κ3) is 3.07. The third-order valence-electron chi connectivity index (χ3n) is 2.64. The number of rotatable bonds is 5. The summed E-state index contributed by atoms with van der Waals surface area (Å²) >= 11 is 0. The molecule has 1 atom stereocenters. The van der Waals surface area contributed by atoms with Crippen molar-refractivity contribution in [3.63, 3.8) is 0 Å². The van der Waals surface area contributed by atoms with Crippen LogP contribution in [0, 0.1) is 0 Å². The average Bonchev–Trinajstić information content (AvgIpc) is 2.30. The van der Waals surface area contributed by atoms with E-state index in [1.165, 1.54) is 0 Å². The van der Waals surface area contributed by atoms with Gasteiger partial charge in [-0.1, -0.05) is 37.3 Å². The Morgan fingerprint density at radius 2 is 1.94 bits per heavy atom. The first-order valence-electron chi connectivity index (χ1n) is 5.56. The van der Waals surface area contributed by atoms with Crippen LogP contribution in [-0.4, -0.2) is 17.7 Å². The molecule has 3 heteroatoms. The van der Waals surface area contributed by atoms with E-state index >= 15 is 0 Å². The molecule has 88 valence electrons. The second-order valence-electron chi connectivity index (χ2n) is 3.73. The van der Waals surface area contributed by atoms with Gasteiger partial charge in [0.25, 0.3) is 0 Å². The topological polar surface area (TPSA) is 46.5 Å². The third-order valence-corrected chi connectivity index (χ3v) is 2.64. The molecule has 0 saturated carbocycles. The SMILES string of the molecule is CCOC(=O)CC(O)(CC)c1ccccc1. The van der Waals surface area contributed by atoms with Crippen molar-refractivity contribution in [3.05, 3.63) is 35.9 Å². The fourth-order valence-corrected chi connectivity index (χ4v) is 1.63. The highest BCUT2D eigenvalue weighted by Gasteiger charge is 2.30. The Bertz CT molecular complexity index is 334. The van der Waals surface area contributed by atoms with Crippen LogP contribution >= 0.6 is 0 Å². The van der Waals surface area contributed by atoms with E-state index in [1.54, 1.807) is 6.92 Å². The van der Waals surface area contributed by atoms with Crippen molar-refractivity contribution >= 4 is 5.97 Å². The van der Waals surface area contributed by atoms with Crippen LogP contribution in [0.25, 0.3) is 0 Å². The van der Waals surface area contributed by atoms with E-state index in [9.17, 15) is 9.90 Å². The molecule has 1 unspecified atom stereocenters. The van der Waals surface area contributed by atoms with Crippen LogP contribution in [0.5, 0.6) is 0 Å². The van der Waals surface area contributed by atoms with Crippen molar-refractivity contribution < 1.29 is 14.6 Å². The second kappa shape index (κ2) is 5.66. The van der Waals surface area contributed by atoms with Crippen LogP contribution in [0.3, 0.4) is 0 Å². The van der Waals surface area contributed by atoms with Crippen molar-refractivity contribution in [1.29, 1.82) is 0 Å². The molecule has 0 aliphatic heterocycles. The highest BCUT2D eigenvalue weighted by molar-refractivity contribution is 5.71. The van der Waals surface area contributed by atoms with Gasteiger partial charge < -0.3 is 9.84 Å². The van der Waals surface area contributed by atoms with Gasteiger partial charge >= 0.3 is 5.97 Å². The number of esters is 1. The molecule has 0 amide bonds. The van der Waals surface area contributed by atoms with Crippen LogP contribution in [0.2, 0.25) is 0 Å². The predicted molar refractivity (Wildman–Crippen MR) is 61.9 cm³/mol. The van der Waals surface area contributed by atoms with Crippen molar-refractivity contribution in [2.45, 2.75) is 32.3 Å². The number of carbonyl (C=O) groups excluding carboxylic acids is 1. The molecule has 0 fully saturated rings. The van der Waals surface area contributed by atoms with Crippen molar-refractivity contribution in [2.24, 2.45) is 0 Å². The summed E-state index contributed by atoms with van der Waals surface area (Å²) < 4.78 is 4.86. The first-order chi connectivity index (χ1) is 7.62. The number of benzene rings is 1. The van der Waals surface area contributed by atoms with E-state index in [-0.39, 0.29) is 12.4 Å².